The van der Waals surface area contributed by atoms with Crippen LogP contribution < -0.4 is 0 Å². The molecule has 0 aromatic rings. The topological polar surface area (TPSA) is 9.23 Å². The largest absolute Gasteiger partial charge is 0.384 e. The summed E-state index contributed by atoms with van der Waals surface area (Å²) in [5.41, 5.74) is 0. The predicted molar refractivity (Wildman–Crippen MR) is 47.0 cm³/mol. The van der Waals surface area contributed by atoms with Crippen molar-refractivity contribution >= 4 is 22.6 Å². The van der Waals surface area contributed by atoms with Crippen molar-refractivity contribution in [2.45, 2.75) is 23.2 Å². The van der Waals surface area contributed by atoms with Crippen LogP contribution in [0.2, 0.25) is 0 Å². The summed E-state index contributed by atoms with van der Waals surface area (Å²) in [4.78, 5) is 0. The van der Waals surface area contributed by atoms with Gasteiger partial charge in [0.25, 0.3) is 0 Å². The number of ether oxygens (including phenoxy) is 1. The standard InChI is InChI=1S/C7H13IO/c1-9-5-6-3-2-4-7(6)8/h6-7H,2-5H2,1H3. The van der Waals surface area contributed by atoms with Gasteiger partial charge in [0.1, 0.15) is 0 Å². The van der Waals surface area contributed by atoms with Gasteiger partial charge in [-0.15, -0.1) is 0 Å². The van der Waals surface area contributed by atoms with Crippen LogP contribution in [0, 0.1) is 5.92 Å². The number of hydrogen-bond donors (Lipinski definition) is 0. The maximum atomic E-state index is 5.09. The molecule has 0 saturated heterocycles. The van der Waals surface area contributed by atoms with Crippen molar-refractivity contribution in [2.75, 3.05) is 13.7 Å². The maximum absolute atomic E-state index is 5.09. The van der Waals surface area contributed by atoms with Crippen molar-refractivity contribution < 1.29 is 4.74 Å². The Hall–Kier alpha value is 0.690. The fourth-order valence-corrected chi connectivity index (χ4v) is 2.40. The summed E-state index contributed by atoms with van der Waals surface area (Å²) in [6.45, 7) is 0.966. The van der Waals surface area contributed by atoms with Gasteiger partial charge < -0.3 is 4.74 Å². The van der Waals surface area contributed by atoms with Crippen LogP contribution in [0.5, 0.6) is 0 Å². The van der Waals surface area contributed by atoms with E-state index in [0.29, 0.717) is 0 Å². The molecule has 0 N–H and O–H groups in total. The lowest BCUT2D eigenvalue weighted by Gasteiger charge is -2.11. The number of hydrogen-bond acceptors (Lipinski definition) is 1. The molecule has 1 saturated carbocycles. The zero-order valence-corrected chi connectivity index (χ0v) is 7.93. The van der Waals surface area contributed by atoms with Crippen molar-refractivity contribution in [3.63, 3.8) is 0 Å². The second kappa shape index (κ2) is 3.76. The third kappa shape index (κ3) is 2.08. The fourth-order valence-electron chi connectivity index (χ4n) is 1.39. The molecule has 54 valence electrons. The molecule has 1 aliphatic carbocycles. The third-order valence-electron chi connectivity index (χ3n) is 1.95. The monoisotopic (exact) mass is 240 g/mol. The van der Waals surface area contributed by atoms with Gasteiger partial charge in [-0.3, -0.25) is 0 Å². The van der Waals surface area contributed by atoms with E-state index in [1.165, 1.54) is 19.3 Å². The molecular formula is C7H13IO. The summed E-state index contributed by atoms with van der Waals surface area (Å²) in [5.74, 6) is 0.843. The van der Waals surface area contributed by atoms with Crippen LogP contribution in [0.25, 0.3) is 0 Å². The zero-order chi connectivity index (χ0) is 6.69. The number of alkyl halides is 1. The van der Waals surface area contributed by atoms with Gasteiger partial charge in [0.2, 0.25) is 0 Å². The van der Waals surface area contributed by atoms with E-state index in [0.717, 1.165) is 16.4 Å². The molecule has 0 aromatic carbocycles. The summed E-state index contributed by atoms with van der Waals surface area (Å²) < 4.78 is 5.97. The minimum atomic E-state index is 0.843. The first kappa shape index (κ1) is 7.79. The number of rotatable bonds is 2. The average Bonchev–Trinajstić information content (AvgIpc) is 2.18. The van der Waals surface area contributed by atoms with Gasteiger partial charge in [0.05, 0.1) is 6.61 Å². The number of halogens is 1. The molecule has 0 aromatic heterocycles. The molecule has 2 unspecified atom stereocenters. The first-order valence-corrected chi connectivity index (χ1v) is 4.72. The molecule has 0 aliphatic heterocycles. The molecule has 2 heteroatoms. The Kier molecular flexibility index (Phi) is 3.26. The van der Waals surface area contributed by atoms with Crippen molar-refractivity contribution in [2.24, 2.45) is 5.92 Å². The fraction of sp³-hybridized carbons (Fsp3) is 1.00. The molecule has 1 fully saturated rings. The lowest BCUT2D eigenvalue weighted by molar-refractivity contribution is 0.158. The van der Waals surface area contributed by atoms with Crippen molar-refractivity contribution in [1.29, 1.82) is 0 Å². The van der Waals surface area contributed by atoms with E-state index in [1.54, 1.807) is 7.11 Å². The molecule has 0 heterocycles. The molecule has 1 rings (SSSR count). The first-order valence-electron chi connectivity index (χ1n) is 3.47. The Morgan fingerprint density at radius 1 is 1.56 bits per heavy atom. The minimum Gasteiger partial charge on any atom is -0.384 e. The Balaban J connectivity index is 2.22. The highest BCUT2D eigenvalue weighted by atomic mass is 127. The Morgan fingerprint density at radius 2 is 2.33 bits per heavy atom. The molecule has 0 amide bonds. The third-order valence-corrected chi connectivity index (χ3v) is 3.59. The molecule has 0 bridgehead atoms. The van der Waals surface area contributed by atoms with Crippen LogP contribution in [-0.2, 0) is 4.74 Å². The SMILES string of the molecule is COCC1CCCC1I. The highest BCUT2D eigenvalue weighted by molar-refractivity contribution is 14.1. The summed E-state index contributed by atoms with van der Waals surface area (Å²) >= 11 is 2.54. The molecule has 9 heavy (non-hydrogen) atoms. The van der Waals surface area contributed by atoms with Crippen LogP contribution in [0.3, 0.4) is 0 Å². The highest BCUT2D eigenvalue weighted by Crippen LogP contribution is 2.31. The molecular weight excluding hydrogens is 227 g/mol. The average molecular weight is 240 g/mol. The molecule has 1 aliphatic rings. The smallest absolute Gasteiger partial charge is 0.0500 e. The minimum absolute atomic E-state index is 0.843. The number of methoxy groups -OCH3 is 1. The van der Waals surface area contributed by atoms with Gasteiger partial charge in [-0.1, -0.05) is 29.0 Å². The van der Waals surface area contributed by atoms with Gasteiger partial charge in [0.15, 0.2) is 0 Å². The van der Waals surface area contributed by atoms with Crippen molar-refractivity contribution in [1.82, 2.24) is 0 Å². The first-order chi connectivity index (χ1) is 4.34. The van der Waals surface area contributed by atoms with Crippen molar-refractivity contribution in [3.05, 3.63) is 0 Å². The van der Waals surface area contributed by atoms with Crippen LogP contribution in [0.15, 0.2) is 0 Å². The van der Waals surface area contributed by atoms with E-state index in [9.17, 15) is 0 Å². The van der Waals surface area contributed by atoms with Gasteiger partial charge in [-0.25, -0.2) is 0 Å². The van der Waals surface area contributed by atoms with E-state index in [-0.39, 0.29) is 0 Å². The van der Waals surface area contributed by atoms with Crippen LogP contribution >= 0.6 is 22.6 Å². The molecule has 2 atom stereocenters. The van der Waals surface area contributed by atoms with E-state index in [4.69, 9.17) is 4.74 Å². The van der Waals surface area contributed by atoms with E-state index in [1.807, 2.05) is 0 Å². The van der Waals surface area contributed by atoms with Gasteiger partial charge in [0, 0.05) is 11.0 Å². The van der Waals surface area contributed by atoms with Crippen LogP contribution in [-0.4, -0.2) is 17.6 Å². The molecule has 0 radical (unpaired) electrons. The summed E-state index contributed by atoms with van der Waals surface area (Å²) in [6, 6.07) is 0. The Bertz CT molecular complexity index is 85.0. The second-order valence-corrected chi connectivity index (χ2v) is 4.26. The Morgan fingerprint density at radius 3 is 2.78 bits per heavy atom. The molecule has 1 nitrogen and oxygen atoms in total. The predicted octanol–water partition coefficient (Wildman–Crippen LogP) is 2.24. The second-order valence-electron chi connectivity index (χ2n) is 2.66. The van der Waals surface area contributed by atoms with Crippen LogP contribution in [0.1, 0.15) is 19.3 Å². The zero-order valence-electron chi connectivity index (χ0n) is 5.77. The summed E-state index contributed by atoms with van der Waals surface area (Å²) in [5, 5.41) is 0. The molecule has 0 spiro atoms. The van der Waals surface area contributed by atoms with E-state index < -0.39 is 0 Å². The van der Waals surface area contributed by atoms with E-state index in [2.05, 4.69) is 22.6 Å². The summed E-state index contributed by atoms with van der Waals surface area (Å²) in [6.07, 6.45) is 4.18. The van der Waals surface area contributed by atoms with Gasteiger partial charge >= 0.3 is 0 Å². The quantitative estimate of drug-likeness (QED) is 0.531. The highest BCUT2D eigenvalue weighted by Gasteiger charge is 2.23. The normalized spacial score (nSPS) is 35.3. The Labute approximate surface area is 70.3 Å². The van der Waals surface area contributed by atoms with Crippen molar-refractivity contribution in [3.8, 4) is 0 Å². The van der Waals surface area contributed by atoms with E-state index >= 15 is 0 Å². The lowest BCUT2D eigenvalue weighted by atomic mass is 10.1. The lowest BCUT2D eigenvalue weighted by Crippen LogP contribution is -2.12. The summed E-state index contributed by atoms with van der Waals surface area (Å²) in [7, 11) is 1.79. The maximum Gasteiger partial charge on any atom is 0.0500 e. The van der Waals surface area contributed by atoms with Gasteiger partial charge in [-0.05, 0) is 18.8 Å². The van der Waals surface area contributed by atoms with Gasteiger partial charge in [-0.2, -0.15) is 0 Å². The van der Waals surface area contributed by atoms with Crippen LogP contribution in [0.4, 0.5) is 0 Å².